The van der Waals surface area contributed by atoms with E-state index in [0.29, 0.717) is 6.04 Å². The number of amides is 2. The minimum atomic E-state index is 0.0924. The maximum Gasteiger partial charge on any atom is 0.315 e. The zero-order chi connectivity index (χ0) is 11.5. The molecular weight excluding hydrogens is 212 g/mol. The van der Waals surface area contributed by atoms with Crippen LogP contribution in [0.5, 0.6) is 0 Å². The molecule has 3 aliphatic carbocycles. The first-order valence-electron chi connectivity index (χ1n) is 7.36. The first-order chi connectivity index (χ1) is 8.28. The van der Waals surface area contributed by atoms with Gasteiger partial charge in [0.2, 0.25) is 0 Å². The maximum atomic E-state index is 11.7. The van der Waals surface area contributed by atoms with Gasteiger partial charge in [-0.25, -0.2) is 4.79 Å². The largest absolute Gasteiger partial charge is 0.333 e. The van der Waals surface area contributed by atoms with Crippen LogP contribution in [0.25, 0.3) is 0 Å². The van der Waals surface area contributed by atoms with Crippen LogP contribution in [0.3, 0.4) is 0 Å². The number of urea groups is 1. The molecule has 0 aromatic heterocycles. The number of rotatable bonds is 1. The molecule has 1 saturated heterocycles. The summed E-state index contributed by atoms with van der Waals surface area (Å²) in [4.78, 5) is 11.7. The monoisotopic (exact) mass is 234 g/mol. The van der Waals surface area contributed by atoms with Crippen LogP contribution in [0.15, 0.2) is 0 Å². The van der Waals surface area contributed by atoms with Gasteiger partial charge in [-0.2, -0.15) is 0 Å². The smallest absolute Gasteiger partial charge is 0.315 e. The van der Waals surface area contributed by atoms with E-state index in [1.54, 1.807) is 0 Å². The summed E-state index contributed by atoms with van der Waals surface area (Å²) >= 11 is 0. The summed E-state index contributed by atoms with van der Waals surface area (Å²) in [6.45, 7) is 0. The minimum absolute atomic E-state index is 0.0924. The molecule has 0 aromatic rings. The van der Waals surface area contributed by atoms with Crippen molar-refractivity contribution in [1.82, 2.24) is 10.6 Å². The predicted octanol–water partition coefficient (Wildman–Crippen LogP) is 2.42. The van der Waals surface area contributed by atoms with E-state index in [2.05, 4.69) is 10.6 Å². The van der Waals surface area contributed by atoms with Crippen molar-refractivity contribution < 1.29 is 4.79 Å². The van der Waals surface area contributed by atoms with E-state index in [-0.39, 0.29) is 11.6 Å². The third-order valence-electron chi connectivity index (χ3n) is 5.88. The molecule has 0 bridgehead atoms. The van der Waals surface area contributed by atoms with Crippen molar-refractivity contribution in [1.29, 1.82) is 0 Å². The number of nitrogens with one attached hydrogen (secondary N) is 2. The standard InChI is InChI=1S/C14H22N2O/c17-13-15-12-3-1-2-6-14(12,16-13)11-5-4-9-7-10(9)8-11/h9-12H,1-8H2,(H2,15,16,17). The highest BCUT2D eigenvalue weighted by molar-refractivity contribution is 5.78. The topological polar surface area (TPSA) is 41.1 Å². The summed E-state index contributed by atoms with van der Waals surface area (Å²) in [5.41, 5.74) is 0.128. The van der Waals surface area contributed by atoms with Gasteiger partial charge in [0.05, 0.1) is 11.6 Å². The Labute approximate surface area is 103 Å². The molecule has 4 fully saturated rings. The van der Waals surface area contributed by atoms with E-state index in [9.17, 15) is 4.79 Å². The number of hydrogen-bond acceptors (Lipinski definition) is 1. The van der Waals surface area contributed by atoms with Crippen LogP contribution >= 0.6 is 0 Å². The van der Waals surface area contributed by atoms with Gasteiger partial charge in [0, 0.05) is 0 Å². The lowest BCUT2D eigenvalue weighted by molar-refractivity contribution is 0.117. The normalized spacial score (nSPS) is 52.1. The van der Waals surface area contributed by atoms with Gasteiger partial charge in [-0.05, 0) is 56.3 Å². The van der Waals surface area contributed by atoms with Crippen molar-refractivity contribution in [2.24, 2.45) is 17.8 Å². The summed E-state index contributed by atoms with van der Waals surface area (Å²) in [5.74, 6) is 2.80. The second-order valence-electron chi connectivity index (χ2n) is 6.70. The molecule has 3 saturated carbocycles. The zero-order valence-electron chi connectivity index (χ0n) is 10.4. The fraction of sp³-hybridized carbons (Fsp3) is 0.929. The van der Waals surface area contributed by atoms with E-state index in [1.165, 1.54) is 51.4 Å². The number of carbonyl (C=O) groups excluding carboxylic acids is 1. The van der Waals surface area contributed by atoms with Crippen molar-refractivity contribution >= 4 is 6.03 Å². The molecule has 94 valence electrons. The molecule has 5 atom stereocenters. The Hall–Kier alpha value is -0.730. The summed E-state index contributed by atoms with van der Waals surface area (Å²) in [5, 5.41) is 6.50. The minimum Gasteiger partial charge on any atom is -0.333 e. The molecule has 3 heteroatoms. The highest BCUT2D eigenvalue weighted by atomic mass is 16.2. The number of carbonyl (C=O) groups is 1. The molecule has 2 amide bonds. The van der Waals surface area contributed by atoms with Crippen LogP contribution in [0.4, 0.5) is 4.79 Å². The Morgan fingerprint density at radius 2 is 2.00 bits per heavy atom. The van der Waals surface area contributed by atoms with Gasteiger partial charge < -0.3 is 10.6 Å². The summed E-state index contributed by atoms with van der Waals surface area (Å²) < 4.78 is 0. The van der Waals surface area contributed by atoms with Gasteiger partial charge in [0.15, 0.2) is 0 Å². The zero-order valence-corrected chi connectivity index (χ0v) is 10.4. The lowest BCUT2D eigenvalue weighted by Gasteiger charge is -2.45. The van der Waals surface area contributed by atoms with E-state index in [4.69, 9.17) is 0 Å². The summed E-state index contributed by atoms with van der Waals surface area (Å²) in [7, 11) is 0. The van der Waals surface area contributed by atoms with Crippen molar-refractivity contribution in [2.45, 2.75) is 62.9 Å². The summed E-state index contributed by atoms with van der Waals surface area (Å²) in [6.07, 6.45) is 10.6. The Kier molecular flexibility index (Phi) is 2.04. The van der Waals surface area contributed by atoms with Gasteiger partial charge in [0.1, 0.15) is 0 Å². The predicted molar refractivity (Wildman–Crippen MR) is 65.6 cm³/mol. The molecular formula is C14H22N2O. The average Bonchev–Trinajstić information content (AvgIpc) is 3.02. The number of fused-ring (bicyclic) bond motifs is 2. The SMILES string of the molecule is O=C1NC2CCCCC2(C2CCC3CC3C2)N1. The van der Waals surface area contributed by atoms with Gasteiger partial charge in [-0.3, -0.25) is 0 Å². The van der Waals surface area contributed by atoms with Gasteiger partial charge in [0.25, 0.3) is 0 Å². The molecule has 0 aromatic carbocycles. The van der Waals surface area contributed by atoms with E-state index < -0.39 is 0 Å². The first-order valence-corrected chi connectivity index (χ1v) is 7.36. The van der Waals surface area contributed by atoms with E-state index in [1.807, 2.05) is 0 Å². The van der Waals surface area contributed by atoms with Crippen molar-refractivity contribution in [3.8, 4) is 0 Å². The molecule has 5 unspecified atom stereocenters. The lowest BCUT2D eigenvalue weighted by Crippen LogP contribution is -2.57. The van der Waals surface area contributed by atoms with Gasteiger partial charge in [-0.1, -0.05) is 12.8 Å². The lowest BCUT2D eigenvalue weighted by atomic mass is 9.66. The Bertz CT molecular complexity index is 356. The van der Waals surface area contributed by atoms with Gasteiger partial charge in [-0.15, -0.1) is 0 Å². The molecule has 17 heavy (non-hydrogen) atoms. The first kappa shape index (κ1) is 10.2. The quantitative estimate of drug-likeness (QED) is 0.718. The van der Waals surface area contributed by atoms with Crippen LogP contribution < -0.4 is 10.6 Å². The Balaban J connectivity index is 1.61. The van der Waals surface area contributed by atoms with Crippen LogP contribution in [0, 0.1) is 17.8 Å². The molecule has 3 nitrogen and oxygen atoms in total. The van der Waals surface area contributed by atoms with Gasteiger partial charge >= 0.3 is 6.03 Å². The molecule has 4 rings (SSSR count). The average molecular weight is 234 g/mol. The van der Waals surface area contributed by atoms with Crippen LogP contribution in [0.1, 0.15) is 51.4 Å². The molecule has 1 aliphatic heterocycles. The Morgan fingerprint density at radius 1 is 1.06 bits per heavy atom. The molecule has 0 radical (unpaired) electrons. The molecule has 1 heterocycles. The molecule has 4 aliphatic rings. The van der Waals surface area contributed by atoms with E-state index >= 15 is 0 Å². The molecule has 2 N–H and O–H groups in total. The Morgan fingerprint density at radius 3 is 2.88 bits per heavy atom. The second kappa shape index (κ2) is 3.39. The summed E-state index contributed by atoms with van der Waals surface area (Å²) in [6, 6.07) is 0.513. The van der Waals surface area contributed by atoms with Crippen LogP contribution in [-0.2, 0) is 0 Å². The highest BCUT2D eigenvalue weighted by Gasteiger charge is 2.56. The van der Waals surface area contributed by atoms with Crippen molar-refractivity contribution in [3.63, 3.8) is 0 Å². The molecule has 0 spiro atoms. The van der Waals surface area contributed by atoms with Crippen LogP contribution in [0.2, 0.25) is 0 Å². The van der Waals surface area contributed by atoms with E-state index in [0.717, 1.165) is 17.8 Å². The fourth-order valence-electron chi connectivity index (χ4n) is 4.86. The third kappa shape index (κ3) is 1.44. The third-order valence-corrected chi connectivity index (χ3v) is 5.88. The number of hydrogen-bond donors (Lipinski definition) is 2. The van der Waals surface area contributed by atoms with Crippen LogP contribution in [-0.4, -0.2) is 17.6 Å². The maximum absolute atomic E-state index is 11.7. The fourth-order valence-corrected chi connectivity index (χ4v) is 4.86. The second-order valence-corrected chi connectivity index (χ2v) is 6.70. The highest BCUT2D eigenvalue weighted by Crippen LogP contribution is 2.55. The van der Waals surface area contributed by atoms with Crippen molar-refractivity contribution in [2.75, 3.05) is 0 Å². The van der Waals surface area contributed by atoms with Crippen molar-refractivity contribution in [3.05, 3.63) is 0 Å².